The molecule has 14 aromatic rings. The first-order valence-electron chi connectivity index (χ1n) is 26.0. The number of para-hydroxylation sites is 2. The maximum Gasteiger partial charge on any atom is 0.135 e. The fourth-order valence-electron chi connectivity index (χ4n) is 12.2. The van der Waals surface area contributed by atoms with E-state index in [1.54, 1.807) is 0 Å². The van der Waals surface area contributed by atoms with E-state index in [0.717, 1.165) is 105 Å². The minimum absolute atomic E-state index is 0.486. The molecule has 3 nitrogen and oxygen atoms in total. The van der Waals surface area contributed by atoms with E-state index in [2.05, 4.69) is 266 Å². The Kier molecular flexibility index (Phi) is 10.1. The van der Waals surface area contributed by atoms with Gasteiger partial charge in [-0.15, -0.1) is 0 Å². The van der Waals surface area contributed by atoms with Crippen molar-refractivity contribution in [3.8, 4) is 55.6 Å². The van der Waals surface area contributed by atoms with Gasteiger partial charge >= 0.3 is 0 Å². The molecule has 0 unspecified atom stereocenters. The molecule has 1 aliphatic rings. The van der Waals surface area contributed by atoms with Crippen LogP contribution in [-0.2, 0) is 5.41 Å². The van der Waals surface area contributed by atoms with E-state index in [1.807, 2.05) is 24.3 Å². The van der Waals surface area contributed by atoms with Crippen LogP contribution in [-0.4, -0.2) is 0 Å². The number of furan rings is 2. The molecule has 1 aliphatic carbocycles. The lowest BCUT2D eigenvalue weighted by Gasteiger charge is -2.34. The Morgan fingerprint density at radius 3 is 1.16 bits per heavy atom. The van der Waals surface area contributed by atoms with E-state index in [0.29, 0.717) is 0 Å². The highest BCUT2D eigenvalue weighted by Gasteiger charge is 2.46. The number of anilines is 3. The summed E-state index contributed by atoms with van der Waals surface area (Å²) < 4.78 is 12.3. The third kappa shape index (κ3) is 7.05. The van der Waals surface area contributed by atoms with Crippen LogP contribution in [0.25, 0.3) is 99.5 Å². The number of nitrogens with zero attached hydrogens (tertiary/aromatic N) is 1. The molecular weight excluding hydrogens is 923 g/mol. The number of fused-ring (bicyclic) bond motifs is 9. The molecular formula is C73H47NO2. The average molecular weight is 970 g/mol. The van der Waals surface area contributed by atoms with Crippen LogP contribution in [0, 0.1) is 0 Å². The van der Waals surface area contributed by atoms with E-state index in [1.165, 1.54) is 33.4 Å². The van der Waals surface area contributed by atoms with Crippen molar-refractivity contribution < 1.29 is 8.83 Å². The van der Waals surface area contributed by atoms with E-state index >= 15 is 0 Å². The molecule has 0 spiro atoms. The first-order valence-corrected chi connectivity index (χ1v) is 26.0. The molecule has 0 atom stereocenters. The summed E-state index contributed by atoms with van der Waals surface area (Å²) in [6.45, 7) is 0. The molecule has 2 heterocycles. The van der Waals surface area contributed by atoms with Gasteiger partial charge in [-0.3, -0.25) is 0 Å². The summed E-state index contributed by atoms with van der Waals surface area (Å²) in [6, 6.07) is 103. The van der Waals surface area contributed by atoms with Crippen LogP contribution in [0.1, 0.15) is 22.3 Å². The fraction of sp³-hybridized carbons (Fsp3) is 0.0137. The number of hydrogen-bond donors (Lipinski definition) is 0. The van der Waals surface area contributed by atoms with Gasteiger partial charge in [0.05, 0.1) is 5.41 Å². The Morgan fingerprint density at radius 1 is 0.237 bits per heavy atom. The number of benzene rings is 12. The van der Waals surface area contributed by atoms with E-state index in [9.17, 15) is 0 Å². The third-order valence-corrected chi connectivity index (χ3v) is 15.8. The molecule has 2 aromatic heterocycles. The zero-order valence-corrected chi connectivity index (χ0v) is 41.4. The van der Waals surface area contributed by atoms with Gasteiger partial charge in [0.1, 0.15) is 22.3 Å². The van der Waals surface area contributed by atoms with Crippen molar-refractivity contribution in [3.05, 3.63) is 307 Å². The lowest BCUT2D eigenvalue weighted by atomic mass is 9.68. The van der Waals surface area contributed by atoms with Gasteiger partial charge < -0.3 is 13.7 Å². The molecule has 0 radical (unpaired) electrons. The summed E-state index contributed by atoms with van der Waals surface area (Å²) in [4.78, 5) is 2.41. The SMILES string of the molecule is c1ccc(C2(c3ccccc3)c3ccccc3-c3cc(N(c4ccc(-c5cccc(-c6ccc7oc8ccccc8c7c6)c5)cc4)c4ccc(-c5cccc(-c6ccc7oc8ccccc8c7c6)c5)cc4)ccc32)cc1. The fourth-order valence-corrected chi connectivity index (χ4v) is 12.2. The van der Waals surface area contributed by atoms with Crippen LogP contribution in [0.5, 0.6) is 0 Å². The van der Waals surface area contributed by atoms with Crippen LogP contribution in [0.15, 0.2) is 294 Å². The first kappa shape index (κ1) is 43.6. The number of rotatable bonds is 9. The smallest absolute Gasteiger partial charge is 0.135 e. The minimum atomic E-state index is -0.486. The normalized spacial score (nSPS) is 12.6. The molecule has 356 valence electrons. The predicted molar refractivity (Wildman–Crippen MR) is 315 cm³/mol. The van der Waals surface area contributed by atoms with Crippen molar-refractivity contribution in [3.63, 3.8) is 0 Å². The molecule has 0 fully saturated rings. The molecule has 0 saturated heterocycles. The quantitative estimate of drug-likeness (QED) is 0.144. The van der Waals surface area contributed by atoms with Crippen molar-refractivity contribution >= 4 is 60.9 Å². The van der Waals surface area contributed by atoms with Gasteiger partial charge in [-0.2, -0.15) is 0 Å². The van der Waals surface area contributed by atoms with Gasteiger partial charge in [0.15, 0.2) is 0 Å². The lowest BCUT2D eigenvalue weighted by Crippen LogP contribution is -2.28. The molecule has 0 N–H and O–H groups in total. The highest BCUT2D eigenvalue weighted by Crippen LogP contribution is 2.57. The highest BCUT2D eigenvalue weighted by atomic mass is 16.3. The molecule has 3 heteroatoms. The maximum absolute atomic E-state index is 6.17. The van der Waals surface area contributed by atoms with Gasteiger partial charge in [-0.1, -0.05) is 200 Å². The maximum atomic E-state index is 6.17. The molecule has 0 aliphatic heterocycles. The standard InChI is InChI=1S/C73H47NO2/c1-3-19-56(20-4-1)73(57-21-5-2-6-22-57)67-26-10-7-23-61(67)64-47-60(39-40-68(64)73)74(58-35-29-48(30-36-58)50-15-13-17-52(43-50)54-33-41-71-65(45-54)62-24-8-11-27-69(62)75-71)59-37-31-49(32-38-59)51-16-14-18-53(44-51)55-34-42-72-66(46-55)63-25-9-12-28-70(63)76-72/h1-47H. The van der Waals surface area contributed by atoms with Gasteiger partial charge in [-0.25, -0.2) is 0 Å². The lowest BCUT2D eigenvalue weighted by molar-refractivity contribution is 0.668. The summed E-state index contributed by atoms with van der Waals surface area (Å²) in [5, 5.41) is 4.52. The molecule has 15 rings (SSSR count). The molecule has 0 saturated carbocycles. The predicted octanol–water partition coefficient (Wildman–Crippen LogP) is 20.0. The van der Waals surface area contributed by atoms with Crippen molar-refractivity contribution in [1.82, 2.24) is 0 Å². The summed E-state index contributed by atoms with van der Waals surface area (Å²) in [5.74, 6) is 0. The zero-order valence-electron chi connectivity index (χ0n) is 41.4. The average Bonchev–Trinajstić information content (AvgIpc) is 4.21. The summed E-state index contributed by atoms with van der Waals surface area (Å²) in [7, 11) is 0. The van der Waals surface area contributed by atoms with E-state index in [-0.39, 0.29) is 0 Å². The van der Waals surface area contributed by atoms with Crippen molar-refractivity contribution in [2.75, 3.05) is 4.90 Å². The van der Waals surface area contributed by atoms with Crippen molar-refractivity contribution in [1.29, 1.82) is 0 Å². The topological polar surface area (TPSA) is 29.5 Å². The van der Waals surface area contributed by atoms with Crippen LogP contribution in [0.4, 0.5) is 17.1 Å². The Labute approximate surface area is 440 Å². The van der Waals surface area contributed by atoms with E-state index in [4.69, 9.17) is 8.83 Å². The minimum Gasteiger partial charge on any atom is -0.456 e. The summed E-state index contributed by atoms with van der Waals surface area (Å²) in [5.41, 5.74) is 23.2. The highest BCUT2D eigenvalue weighted by molar-refractivity contribution is 6.07. The molecule has 12 aromatic carbocycles. The van der Waals surface area contributed by atoms with Crippen LogP contribution in [0.2, 0.25) is 0 Å². The van der Waals surface area contributed by atoms with E-state index < -0.39 is 5.41 Å². The summed E-state index contributed by atoms with van der Waals surface area (Å²) >= 11 is 0. The van der Waals surface area contributed by atoms with Gasteiger partial charge in [0, 0.05) is 38.6 Å². The first-order chi connectivity index (χ1) is 37.6. The van der Waals surface area contributed by atoms with Gasteiger partial charge in [0.25, 0.3) is 0 Å². The van der Waals surface area contributed by atoms with Crippen LogP contribution < -0.4 is 4.90 Å². The zero-order chi connectivity index (χ0) is 50.2. The number of hydrogen-bond acceptors (Lipinski definition) is 3. The Morgan fingerprint density at radius 2 is 0.632 bits per heavy atom. The molecule has 0 bridgehead atoms. The Balaban J connectivity index is 0.831. The second kappa shape index (κ2) is 17.6. The third-order valence-electron chi connectivity index (χ3n) is 15.8. The Hall–Kier alpha value is -9.96. The molecule has 0 amide bonds. The van der Waals surface area contributed by atoms with Crippen molar-refractivity contribution in [2.45, 2.75) is 5.41 Å². The second-order valence-corrected chi connectivity index (χ2v) is 20.0. The van der Waals surface area contributed by atoms with Gasteiger partial charge in [0.2, 0.25) is 0 Å². The Bertz CT molecular complexity index is 4270. The van der Waals surface area contributed by atoms with Crippen LogP contribution >= 0.6 is 0 Å². The second-order valence-electron chi connectivity index (χ2n) is 20.0. The summed E-state index contributed by atoms with van der Waals surface area (Å²) in [6.07, 6.45) is 0. The van der Waals surface area contributed by atoms with Crippen LogP contribution in [0.3, 0.4) is 0 Å². The van der Waals surface area contributed by atoms with Crippen molar-refractivity contribution in [2.24, 2.45) is 0 Å². The monoisotopic (exact) mass is 969 g/mol. The molecule has 76 heavy (non-hydrogen) atoms. The largest absolute Gasteiger partial charge is 0.456 e. The van der Waals surface area contributed by atoms with Gasteiger partial charge in [-0.05, 0) is 163 Å².